The van der Waals surface area contributed by atoms with E-state index in [-0.39, 0.29) is 11.5 Å². The van der Waals surface area contributed by atoms with E-state index in [0.717, 1.165) is 23.2 Å². The molecule has 1 heterocycles. The zero-order chi connectivity index (χ0) is 14.9. The molecule has 0 N–H and O–H groups in total. The van der Waals surface area contributed by atoms with Gasteiger partial charge in [-0.05, 0) is 36.0 Å². The third kappa shape index (κ3) is 0.825. The summed E-state index contributed by atoms with van der Waals surface area (Å²) in [6.07, 6.45) is 5.59. The number of hydrogen-bond donors (Lipinski definition) is 0. The minimum absolute atomic E-state index is 0.0104. The van der Waals surface area contributed by atoms with Gasteiger partial charge in [0.1, 0.15) is 5.76 Å². The molecule has 1 aromatic carbocycles. The number of rotatable bonds is 2. The van der Waals surface area contributed by atoms with Gasteiger partial charge in [-0.15, -0.1) is 0 Å². The van der Waals surface area contributed by atoms with E-state index in [1.54, 1.807) is 19.8 Å². The molecule has 2 spiro atoms. The number of allylic oxidation sites excluding steroid dienone is 2. The van der Waals surface area contributed by atoms with Crippen LogP contribution in [0.2, 0.25) is 0 Å². The number of hydrogen-bond acceptors (Lipinski definition) is 3. The molecule has 3 nitrogen and oxygen atoms in total. The second-order valence-corrected chi connectivity index (χ2v) is 7.37. The Labute approximate surface area is 129 Å². The number of ether oxygens (including phenoxy) is 3. The molecule has 112 valence electrons. The van der Waals surface area contributed by atoms with Gasteiger partial charge < -0.3 is 14.2 Å². The summed E-state index contributed by atoms with van der Waals surface area (Å²) < 4.78 is 17.6. The topological polar surface area (TPSA) is 27.7 Å². The lowest BCUT2D eigenvalue weighted by molar-refractivity contribution is 0.114. The van der Waals surface area contributed by atoms with Gasteiger partial charge >= 0.3 is 0 Å². The van der Waals surface area contributed by atoms with E-state index in [1.165, 1.54) is 17.5 Å². The first-order valence-electron chi connectivity index (χ1n) is 8.05. The molecule has 2 saturated carbocycles. The third-order valence-electron chi connectivity index (χ3n) is 7.07. The summed E-state index contributed by atoms with van der Waals surface area (Å²) in [7, 11) is 3.47. The predicted molar refractivity (Wildman–Crippen MR) is 81.2 cm³/mol. The fourth-order valence-electron chi connectivity index (χ4n) is 6.28. The van der Waals surface area contributed by atoms with E-state index in [0.29, 0.717) is 11.3 Å². The number of fused-ring (bicyclic) bond motifs is 1. The van der Waals surface area contributed by atoms with Gasteiger partial charge in [-0.25, -0.2) is 0 Å². The maximum absolute atomic E-state index is 6.41. The molecular formula is C19H18O3. The molecule has 2 fully saturated rings. The zero-order valence-electron chi connectivity index (χ0n) is 13.0. The van der Waals surface area contributed by atoms with E-state index < -0.39 is 0 Å². The van der Waals surface area contributed by atoms with Crippen molar-refractivity contribution in [1.82, 2.24) is 0 Å². The second-order valence-electron chi connectivity index (χ2n) is 7.37. The first-order valence-corrected chi connectivity index (χ1v) is 8.05. The molecule has 0 saturated heterocycles. The smallest absolute Gasteiger partial charge is 0.169 e. The summed E-state index contributed by atoms with van der Waals surface area (Å²) in [6, 6.07) is 4.37. The van der Waals surface area contributed by atoms with Crippen LogP contribution < -0.4 is 9.47 Å². The predicted octanol–water partition coefficient (Wildman–Crippen LogP) is 3.09. The van der Waals surface area contributed by atoms with Crippen LogP contribution in [-0.4, -0.2) is 20.3 Å². The molecule has 4 aliphatic carbocycles. The Morgan fingerprint density at radius 1 is 1.18 bits per heavy atom. The highest BCUT2D eigenvalue weighted by molar-refractivity contribution is 5.76. The molecule has 5 aliphatic rings. The Morgan fingerprint density at radius 3 is 2.82 bits per heavy atom. The van der Waals surface area contributed by atoms with Crippen molar-refractivity contribution in [3.8, 4) is 11.5 Å². The van der Waals surface area contributed by atoms with E-state index >= 15 is 0 Å². The van der Waals surface area contributed by atoms with E-state index in [9.17, 15) is 0 Å². The van der Waals surface area contributed by atoms with Crippen molar-refractivity contribution in [3.05, 3.63) is 46.7 Å². The third-order valence-corrected chi connectivity index (χ3v) is 7.07. The van der Waals surface area contributed by atoms with Crippen molar-refractivity contribution < 1.29 is 14.2 Å². The molecule has 6 rings (SSSR count). The highest BCUT2D eigenvalue weighted by Crippen LogP contribution is 2.85. The van der Waals surface area contributed by atoms with E-state index in [4.69, 9.17) is 14.2 Å². The number of methoxy groups -OCH3 is 2. The summed E-state index contributed by atoms with van der Waals surface area (Å²) in [5.74, 6) is 4.19. The Bertz CT molecular complexity index is 820. The quantitative estimate of drug-likeness (QED) is 0.839. The summed E-state index contributed by atoms with van der Waals surface area (Å²) in [5.41, 5.74) is 4.84. The van der Waals surface area contributed by atoms with E-state index in [1.807, 2.05) is 0 Å². The molecule has 1 aliphatic heterocycles. The van der Waals surface area contributed by atoms with Gasteiger partial charge in [0.25, 0.3) is 0 Å². The van der Waals surface area contributed by atoms with Gasteiger partial charge in [0, 0.05) is 11.0 Å². The van der Waals surface area contributed by atoms with Crippen LogP contribution in [0.4, 0.5) is 0 Å². The fraction of sp³-hybridized carbons (Fsp3) is 0.474. The maximum Gasteiger partial charge on any atom is 0.169 e. The second kappa shape index (κ2) is 3.08. The Morgan fingerprint density at radius 2 is 2.05 bits per heavy atom. The standard InChI is InChI=1S/C19H18O3/c1-9-14-10-5-7-13(21-3)17-19(10)8-18(9,14)11-4-6-12(20-2)16(22-17)15(11)19/h4-7,9,14,17H,8H2,1-3H3/t9?,14-,17?,18?,19-/m0/s1. The van der Waals surface area contributed by atoms with Crippen molar-refractivity contribution in [2.75, 3.05) is 14.2 Å². The zero-order valence-corrected chi connectivity index (χ0v) is 13.0. The molecule has 0 radical (unpaired) electrons. The lowest BCUT2D eigenvalue weighted by Crippen LogP contribution is -2.41. The average Bonchev–Trinajstić information content (AvgIpc) is 2.87. The van der Waals surface area contributed by atoms with Crippen molar-refractivity contribution >= 4 is 0 Å². The minimum Gasteiger partial charge on any atom is -0.497 e. The molecule has 3 heteroatoms. The molecule has 0 aromatic heterocycles. The van der Waals surface area contributed by atoms with Crippen LogP contribution in [0.3, 0.4) is 0 Å². The highest BCUT2D eigenvalue weighted by Gasteiger charge is 2.83. The van der Waals surface area contributed by atoms with Crippen LogP contribution in [-0.2, 0) is 15.6 Å². The SMILES string of the molecule is COC1=CC=C2[C@@H]3C(C)C34C[C@@]23c2c4ccc(OC)c2OC13. The normalized spacial score (nSPS) is 43.9. The molecule has 5 atom stereocenters. The lowest BCUT2D eigenvalue weighted by atomic mass is 9.68. The van der Waals surface area contributed by atoms with Crippen LogP contribution in [0.25, 0.3) is 0 Å². The molecule has 1 aromatic rings. The molecule has 22 heavy (non-hydrogen) atoms. The van der Waals surface area contributed by atoms with Crippen LogP contribution in [0.1, 0.15) is 24.5 Å². The largest absolute Gasteiger partial charge is 0.497 e. The monoisotopic (exact) mass is 294 g/mol. The van der Waals surface area contributed by atoms with Crippen molar-refractivity contribution in [2.45, 2.75) is 30.3 Å². The Balaban J connectivity index is 1.73. The summed E-state index contributed by atoms with van der Waals surface area (Å²) in [4.78, 5) is 0. The molecular weight excluding hydrogens is 276 g/mol. The molecule has 0 amide bonds. The van der Waals surface area contributed by atoms with Gasteiger partial charge in [0.05, 0.1) is 19.6 Å². The lowest BCUT2D eigenvalue weighted by Gasteiger charge is -2.35. The van der Waals surface area contributed by atoms with Gasteiger partial charge in [0.2, 0.25) is 0 Å². The Hall–Kier alpha value is -1.90. The van der Waals surface area contributed by atoms with Gasteiger partial charge in [-0.3, -0.25) is 0 Å². The van der Waals surface area contributed by atoms with Gasteiger partial charge in [0.15, 0.2) is 17.6 Å². The maximum atomic E-state index is 6.41. The van der Waals surface area contributed by atoms with Crippen molar-refractivity contribution in [3.63, 3.8) is 0 Å². The van der Waals surface area contributed by atoms with Crippen LogP contribution in [0.15, 0.2) is 35.6 Å². The Kier molecular flexibility index (Phi) is 1.63. The minimum atomic E-state index is -0.0121. The fourth-order valence-corrected chi connectivity index (χ4v) is 6.28. The van der Waals surface area contributed by atoms with Crippen LogP contribution in [0, 0.1) is 11.8 Å². The average molecular weight is 294 g/mol. The summed E-state index contributed by atoms with van der Waals surface area (Å²) in [6.45, 7) is 2.40. The summed E-state index contributed by atoms with van der Waals surface area (Å²) in [5, 5.41) is 0. The first-order chi connectivity index (χ1) is 10.7. The summed E-state index contributed by atoms with van der Waals surface area (Å²) >= 11 is 0. The van der Waals surface area contributed by atoms with Crippen LogP contribution in [0.5, 0.6) is 11.5 Å². The van der Waals surface area contributed by atoms with Crippen LogP contribution >= 0.6 is 0 Å². The molecule has 2 bridgehead atoms. The molecule has 3 unspecified atom stereocenters. The van der Waals surface area contributed by atoms with Crippen molar-refractivity contribution in [2.24, 2.45) is 11.8 Å². The number of benzene rings is 1. The van der Waals surface area contributed by atoms with Crippen molar-refractivity contribution in [1.29, 1.82) is 0 Å². The van der Waals surface area contributed by atoms with Gasteiger partial charge in [-0.2, -0.15) is 0 Å². The van der Waals surface area contributed by atoms with Gasteiger partial charge in [-0.1, -0.05) is 24.6 Å². The van der Waals surface area contributed by atoms with E-state index in [2.05, 4.69) is 31.2 Å². The first kappa shape index (κ1) is 11.6. The highest BCUT2D eigenvalue weighted by atomic mass is 16.6.